The molecule has 2 atom stereocenters. The molecule has 7 nitrogen and oxygen atoms in total. The van der Waals surface area contributed by atoms with Crippen LogP contribution in [0.15, 0.2) is 48.5 Å². The molecule has 0 spiro atoms. The Hall–Kier alpha value is -4.81. The normalized spacial score (nSPS) is 16.0. The Morgan fingerprint density at radius 1 is 0.404 bits per heavy atom. The van der Waals surface area contributed by atoms with Crippen molar-refractivity contribution in [3.8, 4) is 63.1 Å². The first-order valence-corrected chi connectivity index (χ1v) is 40.8. The van der Waals surface area contributed by atoms with Gasteiger partial charge in [0.25, 0.3) is 0 Å². The van der Waals surface area contributed by atoms with E-state index in [1.54, 1.807) is 11.3 Å². The first kappa shape index (κ1) is 70.5. The highest BCUT2D eigenvalue weighted by Crippen LogP contribution is 2.61. The fraction of sp³-hybridized carbons (Fsp3) is 0.602. The highest BCUT2D eigenvalue weighted by Gasteiger charge is 2.46. The fourth-order valence-corrected chi connectivity index (χ4v) is 20.4. The first-order chi connectivity index (χ1) is 45.5. The van der Waals surface area contributed by atoms with Gasteiger partial charge in [0, 0.05) is 52.9 Å². The lowest BCUT2D eigenvalue weighted by atomic mass is 9.78. The van der Waals surface area contributed by atoms with Gasteiger partial charge in [0.15, 0.2) is 0 Å². The second-order valence-electron chi connectivity index (χ2n) is 30.1. The van der Waals surface area contributed by atoms with E-state index in [1.807, 2.05) is 58.3 Å². The van der Waals surface area contributed by atoms with E-state index in [1.165, 1.54) is 194 Å². The van der Waals surface area contributed by atoms with Crippen molar-refractivity contribution in [2.75, 3.05) is 0 Å². The number of ketones is 1. The van der Waals surface area contributed by atoms with Crippen molar-refractivity contribution in [3.05, 3.63) is 92.1 Å². The van der Waals surface area contributed by atoms with Crippen LogP contribution in [0.25, 0.3) is 73.7 Å². The Morgan fingerprint density at radius 2 is 0.809 bits per heavy atom. The molecular formula is C83H112N4O3S4. The van der Waals surface area contributed by atoms with E-state index >= 15 is 0 Å². The van der Waals surface area contributed by atoms with E-state index < -0.39 is 11.2 Å². The highest BCUT2D eigenvalue weighted by atomic mass is 32.1. The van der Waals surface area contributed by atoms with Crippen molar-refractivity contribution >= 4 is 73.2 Å². The molecule has 0 N–H and O–H groups in total. The summed E-state index contributed by atoms with van der Waals surface area (Å²) in [4.78, 5) is 47.4. The van der Waals surface area contributed by atoms with Gasteiger partial charge in [-0.25, -0.2) is 19.9 Å². The number of nitrogens with zero attached hydrogens (tertiary/aromatic N) is 4. The van der Waals surface area contributed by atoms with Gasteiger partial charge >= 0.3 is 0 Å². The van der Waals surface area contributed by atoms with Crippen LogP contribution in [-0.4, -0.2) is 25.7 Å². The van der Waals surface area contributed by atoms with Crippen molar-refractivity contribution < 1.29 is 14.3 Å². The number of rotatable bonds is 38. The van der Waals surface area contributed by atoms with Crippen LogP contribution in [-0.2, 0) is 11.2 Å². The molecule has 3 aliphatic rings. The quantitative estimate of drug-likeness (QED) is 0.0281. The monoisotopic (exact) mass is 1340 g/mol. The Morgan fingerprint density at radius 3 is 1.34 bits per heavy atom. The number of thiophene rings is 4. The summed E-state index contributed by atoms with van der Waals surface area (Å²) in [5.74, 6) is 4.47. The van der Waals surface area contributed by atoms with E-state index in [-0.39, 0.29) is 5.78 Å². The molecule has 8 aromatic rings. The van der Waals surface area contributed by atoms with Gasteiger partial charge in [-0.1, -0.05) is 234 Å². The van der Waals surface area contributed by atoms with E-state index in [0.717, 1.165) is 117 Å². The lowest BCUT2D eigenvalue weighted by Crippen LogP contribution is -2.36. The molecule has 2 unspecified atom stereocenters. The third-order valence-electron chi connectivity index (χ3n) is 21.3. The number of hydrogen-bond donors (Lipinski definition) is 0. The zero-order valence-corrected chi connectivity index (χ0v) is 63.0. The lowest BCUT2D eigenvalue weighted by Gasteiger charge is -2.39. The third-order valence-corrected chi connectivity index (χ3v) is 26.0. The van der Waals surface area contributed by atoms with Crippen LogP contribution in [0.3, 0.4) is 0 Å². The molecule has 94 heavy (non-hydrogen) atoms. The van der Waals surface area contributed by atoms with Crippen molar-refractivity contribution in [1.29, 1.82) is 0 Å². The highest BCUT2D eigenvalue weighted by molar-refractivity contribution is 7.25. The van der Waals surface area contributed by atoms with Gasteiger partial charge in [-0.3, -0.25) is 4.79 Å². The van der Waals surface area contributed by atoms with Crippen LogP contribution in [0.5, 0.6) is 11.5 Å². The summed E-state index contributed by atoms with van der Waals surface area (Å²) in [5.41, 5.74) is 10.9. The average molecular weight is 1340 g/mol. The summed E-state index contributed by atoms with van der Waals surface area (Å²) in [6.45, 7) is 27.7. The average Bonchev–Trinajstić information content (AvgIpc) is 1.49. The Kier molecular flexibility index (Phi) is 24.2. The molecule has 0 bridgehead atoms. The second-order valence-corrected chi connectivity index (χ2v) is 34.8. The van der Waals surface area contributed by atoms with Gasteiger partial charge in [0.05, 0.1) is 30.9 Å². The van der Waals surface area contributed by atoms with Crippen molar-refractivity contribution in [1.82, 2.24) is 19.9 Å². The number of carbonyl (C=O) groups excluding carboxylic acids is 1. The number of aryl methyl sites for hydroxylation is 4. The van der Waals surface area contributed by atoms with Gasteiger partial charge in [0.1, 0.15) is 56.2 Å². The maximum Gasteiger partial charge on any atom is 0.214 e. The topological polar surface area (TPSA) is 87.1 Å². The van der Waals surface area contributed by atoms with Gasteiger partial charge in [-0.2, -0.15) is 0 Å². The van der Waals surface area contributed by atoms with Crippen LogP contribution in [0, 0.1) is 51.4 Å². The van der Waals surface area contributed by atoms with E-state index in [0.29, 0.717) is 46.1 Å². The summed E-state index contributed by atoms with van der Waals surface area (Å²) in [6, 6.07) is 17.6. The molecule has 0 saturated carbocycles. The second kappa shape index (κ2) is 32.2. The largest absolute Gasteiger partial charge is 0.481 e. The van der Waals surface area contributed by atoms with Gasteiger partial charge in [-0.15, -0.1) is 45.3 Å². The summed E-state index contributed by atoms with van der Waals surface area (Å²) in [6.07, 6.45) is 39.8. The van der Waals surface area contributed by atoms with Crippen LogP contribution < -0.4 is 9.47 Å². The van der Waals surface area contributed by atoms with Gasteiger partial charge in [0.2, 0.25) is 5.78 Å². The Labute approximate surface area is 582 Å². The minimum Gasteiger partial charge on any atom is -0.481 e. The number of ether oxygens (including phenoxy) is 2. The number of fused-ring (bicyclic) bond motifs is 11. The Bertz CT molecular complexity index is 3810. The van der Waals surface area contributed by atoms with E-state index in [2.05, 4.69) is 107 Å². The molecular weight excluding hydrogens is 1230 g/mol. The number of carbonyl (C=O) groups is 1. The fourth-order valence-electron chi connectivity index (χ4n) is 15.6. The van der Waals surface area contributed by atoms with Gasteiger partial charge < -0.3 is 9.47 Å². The van der Waals surface area contributed by atoms with E-state index in [9.17, 15) is 4.79 Å². The molecule has 0 amide bonds. The Balaban J connectivity index is 1.04. The lowest BCUT2D eigenvalue weighted by molar-refractivity contribution is 0.0323. The molecule has 0 saturated heterocycles. The predicted molar refractivity (Wildman–Crippen MR) is 405 cm³/mol. The van der Waals surface area contributed by atoms with E-state index in [4.69, 9.17) is 29.4 Å². The molecule has 1 aliphatic carbocycles. The molecule has 2 aliphatic heterocycles. The smallest absolute Gasteiger partial charge is 0.214 e. The third kappa shape index (κ3) is 15.8. The van der Waals surface area contributed by atoms with Crippen LogP contribution in [0.2, 0.25) is 0 Å². The summed E-state index contributed by atoms with van der Waals surface area (Å²) in [7, 11) is 0. The van der Waals surface area contributed by atoms with Crippen LogP contribution in [0.4, 0.5) is 0 Å². The molecule has 11 heteroatoms. The van der Waals surface area contributed by atoms with Gasteiger partial charge in [-0.05, 0) is 127 Å². The molecule has 506 valence electrons. The number of hydrogen-bond acceptors (Lipinski definition) is 11. The molecule has 6 aromatic heterocycles. The van der Waals surface area contributed by atoms with Crippen molar-refractivity contribution in [2.45, 2.75) is 300 Å². The SMILES string of the molecule is CCCCCCCCCCCCC1(CCCCCCCCCCCC)Oc2cc(-c3c4nc(C)c(C)nc4c(-c4cc5c(s4)-c4sc(C)cc4OC5(CCC(C)CCCC(C)C)CCC(C)CCCC(C)C)c4nc5c(nc34)C(=O)c3ccccc3-5)sc2-c2sc(C)cc21. The zero-order chi connectivity index (χ0) is 66.1. The molecule has 0 fully saturated rings. The molecule has 2 aromatic carbocycles. The number of unbranched alkanes of at least 4 members (excludes halogenated alkanes) is 18. The van der Waals surface area contributed by atoms with Crippen LogP contribution in [0.1, 0.15) is 309 Å². The number of aromatic nitrogens is 4. The van der Waals surface area contributed by atoms with Crippen molar-refractivity contribution in [3.63, 3.8) is 0 Å². The summed E-state index contributed by atoms with van der Waals surface area (Å²) >= 11 is 7.44. The van der Waals surface area contributed by atoms with Crippen molar-refractivity contribution in [2.24, 2.45) is 23.7 Å². The zero-order valence-electron chi connectivity index (χ0n) is 59.7. The summed E-state index contributed by atoms with van der Waals surface area (Å²) in [5, 5.41) is 0. The minimum atomic E-state index is -0.517. The van der Waals surface area contributed by atoms with Crippen LogP contribution >= 0.6 is 45.3 Å². The first-order valence-electron chi connectivity index (χ1n) is 37.6. The standard InChI is InChI=1S/C83H112N4O3S4/c1-13-15-17-19-21-23-25-27-29-33-45-82(46-34-30-28-26-24-22-20-18-16-14-2)63-49-57(9)91-78(63)81-66(90-82)52-68(94-81)70-73-72(84-59(11)60(12)85-73)69(74-75(70)87-76-71(86-74)61-41-31-32-42-62(61)77(76)88)67-51-64-79(93-67)80-65(50-58(10)92-80)89-83(64,47-43-55(7)39-35-37-53(3)4)48-44-56(8)40-36-38-54(5)6/h31-32,41-42,49-56H,13-30,33-40,43-48H2,1-12H3. The summed E-state index contributed by atoms with van der Waals surface area (Å²) < 4.78 is 15.5. The minimum absolute atomic E-state index is 0.0824. The molecule has 11 rings (SSSR count). The maximum absolute atomic E-state index is 14.8. The number of benzene rings is 2. The maximum atomic E-state index is 14.8. The molecule has 0 radical (unpaired) electrons. The molecule has 8 heterocycles. The predicted octanol–water partition coefficient (Wildman–Crippen LogP) is 27.2.